The van der Waals surface area contributed by atoms with E-state index < -0.39 is 0 Å². The Labute approximate surface area is 84.5 Å². The predicted octanol–water partition coefficient (Wildman–Crippen LogP) is 0.918. The van der Waals surface area contributed by atoms with Gasteiger partial charge >= 0.3 is 0 Å². The Kier molecular flexibility index (Phi) is 3.11. The van der Waals surface area contributed by atoms with E-state index in [4.69, 9.17) is 0 Å². The molecule has 1 aromatic heterocycles. The zero-order chi connectivity index (χ0) is 9.64. The first kappa shape index (κ1) is 9.19. The van der Waals surface area contributed by atoms with Crippen LogP contribution in [-0.4, -0.2) is 12.4 Å². The van der Waals surface area contributed by atoms with Crippen LogP contribution in [0, 0.1) is 6.54 Å². The molecule has 0 fully saturated rings. The van der Waals surface area contributed by atoms with Gasteiger partial charge in [0.25, 0.3) is 0 Å². The maximum absolute atomic E-state index is 4.24. The number of nitrogens with one attached hydrogen (secondary N) is 1. The number of hydrogen-bond acceptors (Lipinski definition) is 2. The fourth-order valence-corrected chi connectivity index (χ4v) is 1.53. The molecule has 0 amide bonds. The van der Waals surface area contributed by atoms with E-state index in [-0.39, 0.29) is 0 Å². The molecule has 0 saturated heterocycles. The summed E-state index contributed by atoms with van der Waals surface area (Å²) in [5.41, 5.74) is 0. The molecule has 14 heavy (non-hydrogen) atoms. The molecule has 0 atom stereocenters. The molecule has 3 heteroatoms. The van der Waals surface area contributed by atoms with Gasteiger partial charge in [-0.25, -0.2) is 4.57 Å². The van der Waals surface area contributed by atoms with Crippen LogP contribution in [0.25, 0.3) is 0 Å². The van der Waals surface area contributed by atoms with Gasteiger partial charge in [-0.2, -0.15) is 0 Å². The second-order valence-corrected chi connectivity index (χ2v) is 3.36. The molecule has 73 valence electrons. The molecule has 0 spiro atoms. The molecule has 0 unspecified atom stereocenters. The van der Waals surface area contributed by atoms with Crippen molar-refractivity contribution in [3.8, 4) is 0 Å². The molecular weight excluding hydrogens is 174 g/mol. The summed E-state index contributed by atoms with van der Waals surface area (Å²) >= 11 is 0. The number of amidine groups is 1. The van der Waals surface area contributed by atoms with E-state index in [0.717, 1.165) is 31.8 Å². The van der Waals surface area contributed by atoms with Crippen LogP contribution in [0.2, 0.25) is 0 Å². The van der Waals surface area contributed by atoms with Crippen LogP contribution in [0.15, 0.2) is 35.6 Å². The number of aryl methyl sites for hydroxylation is 1. The topological polar surface area (TPSA) is 28.3 Å². The summed E-state index contributed by atoms with van der Waals surface area (Å²) in [7, 11) is 0. The maximum Gasteiger partial charge on any atom is 0.168 e. The Bertz CT molecular complexity index is 306. The highest BCUT2D eigenvalue weighted by Gasteiger charge is 2.06. The zero-order valence-electron chi connectivity index (χ0n) is 8.19. The molecule has 2 heterocycles. The van der Waals surface area contributed by atoms with Gasteiger partial charge in [-0.15, -0.1) is 0 Å². The Morgan fingerprint density at radius 1 is 1.29 bits per heavy atom. The predicted molar refractivity (Wildman–Crippen MR) is 55.6 cm³/mol. The van der Waals surface area contributed by atoms with Gasteiger partial charge in [-0.05, 0) is 0 Å². The number of nitrogens with zero attached hydrogens (tertiary/aromatic N) is 2. The maximum atomic E-state index is 4.24. The van der Waals surface area contributed by atoms with Crippen molar-refractivity contribution >= 4 is 5.84 Å². The minimum Gasteiger partial charge on any atom is -0.372 e. The first-order valence-electron chi connectivity index (χ1n) is 5.01. The first-order valence-corrected chi connectivity index (χ1v) is 5.01. The highest BCUT2D eigenvalue weighted by molar-refractivity contribution is 5.84. The summed E-state index contributed by atoms with van der Waals surface area (Å²) in [5, 5.41) is 3.23. The summed E-state index contributed by atoms with van der Waals surface area (Å²) in [6, 6.07) is 6.15. The van der Waals surface area contributed by atoms with Gasteiger partial charge < -0.3 is 5.32 Å². The van der Waals surface area contributed by atoms with Crippen molar-refractivity contribution in [2.24, 2.45) is 4.99 Å². The Balaban J connectivity index is 1.73. The third-order valence-corrected chi connectivity index (χ3v) is 2.25. The lowest BCUT2D eigenvalue weighted by atomic mass is 10.3. The number of pyridine rings is 1. The Hall–Kier alpha value is -1.38. The molecule has 0 aromatic carbocycles. The van der Waals surface area contributed by atoms with Crippen molar-refractivity contribution in [3.05, 3.63) is 37.1 Å². The van der Waals surface area contributed by atoms with Crippen LogP contribution < -0.4 is 9.88 Å². The van der Waals surface area contributed by atoms with E-state index in [9.17, 15) is 0 Å². The van der Waals surface area contributed by atoms with Gasteiger partial charge in [-0.3, -0.25) is 4.99 Å². The van der Waals surface area contributed by atoms with Crippen molar-refractivity contribution in [2.75, 3.05) is 6.54 Å². The number of aromatic nitrogens is 1. The molecule has 1 N–H and O–H groups in total. The summed E-state index contributed by atoms with van der Waals surface area (Å²) in [6.45, 7) is 3.88. The molecule has 0 bridgehead atoms. The number of rotatable bonds is 4. The van der Waals surface area contributed by atoms with Crippen LogP contribution in [0.1, 0.15) is 12.8 Å². The SMILES string of the molecule is [CH]1CNC(CCC[n+]2ccccc2)=N1. The van der Waals surface area contributed by atoms with Crippen molar-refractivity contribution in [3.63, 3.8) is 0 Å². The summed E-state index contributed by atoms with van der Waals surface area (Å²) < 4.78 is 2.19. The van der Waals surface area contributed by atoms with E-state index in [1.807, 2.05) is 12.6 Å². The van der Waals surface area contributed by atoms with Gasteiger partial charge in [0.2, 0.25) is 0 Å². The van der Waals surface area contributed by atoms with Crippen molar-refractivity contribution < 1.29 is 4.57 Å². The molecule has 1 aliphatic heterocycles. The number of hydrogen-bond donors (Lipinski definition) is 1. The summed E-state index contributed by atoms with van der Waals surface area (Å²) in [5.74, 6) is 1.13. The smallest absolute Gasteiger partial charge is 0.168 e. The van der Waals surface area contributed by atoms with Crippen LogP contribution >= 0.6 is 0 Å². The van der Waals surface area contributed by atoms with Gasteiger partial charge in [0.15, 0.2) is 12.4 Å². The molecule has 1 aliphatic rings. The molecule has 1 aromatic rings. The lowest BCUT2D eigenvalue weighted by molar-refractivity contribution is -0.697. The van der Waals surface area contributed by atoms with Gasteiger partial charge in [0, 0.05) is 31.5 Å². The first-order chi connectivity index (χ1) is 6.95. The highest BCUT2D eigenvalue weighted by Crippen LogP contribution is 1.97. The minimum absolute atomic E-state index is 0.897. The second kappa shape index (κ2) is 4.74. The lowest BCUT2D eigenvalue weighted by Crippen LogP contribution is -2.33. The normalized spacial score (nSPS) is 15.0. The fraction of sp³-hybridized carbons (Fsp3) is 0.364. The van der Waals surface area contributed by atoms with Crippen LogP contribution in [0.3, 0.4) is 0 Å². The average molecular weight is 189 g/mol. The largest absolute Gasteiger partial charge is 0.372 e. The van der Waals surface area contributed by atoms with Gasteiger partial charge in [-0.1, -0.05) is 6.07 Å². The quantitative estimate of drug-likeness (QED) is 0.701. The van der Waals surface area contributed by atoms with Crippen molar-refractivity contribution in [1.82, 2.24) is 5.32 Å². The third kappa shape index (κ3) is 2.55. The van der Waals surface area contributed by atoms with Gasteiger partial charge in [0.1, 0.15) is 6.54 Å². The third-order valence-electron chi connectivity index (χ3n) is 2.25. The Morgan fingerprint density at radius 3 is 2.86 bits per heavy atom. The molecule has 1 radical (unpaired) electrons. The minimum atomic E-state index is 0.897. The van der Waals surface area contributed by atoms with E-state index in [2.05, 4.69) is 39.4 Å². The lowest BCUT2D eigenvalue weighted by Gasteiger charge is -1.99. The monoisotopic (exact) mass is 189 g/mol. The van der Waals surface area contributed by atoms with E-state index in [1.165, 1.54) is 0 Å². The number of aliphatic imine (C=N–C) groups is 1. The summed E-state index contributed by atoms with van der Waals surface area (Å²) in [4.78, 5) is 4.24. The molecule has 0 aliphatic carbocycles. The second-order valence-electron chi connectivity index (χ2n) is 3.36. The standard InChI is InChI=1S/C11H15N3/c1-2-8-14(9-3-1)10-4-5-11-12-6-7-13-11/h1-3,6,8-9H,4-5,7,10H2,(H,12,13)/q+1. The highest BCUT2D eigenvalue weighted by atomic mass is 15.1. The Morgan fingerprint density at radius 2 is 2.14 bits per heavy atom. The molecule has 0 saturated carbocycles. The zero-order valence-corrected chi connectivity index (χ0v) is 8.19. The van der Waals surface area contributed by atoms with Crippen molar-refractivity contribution in [1.29, 1.82) is 0 Å². The van der Waals surface area contributed by atoms with Crippen LogP contribution in [0.4, 0.5) is 0 Å². The molecular formula is C11H15N3+. The van der Waals surface area contributed by atoms with Crippen LogP contribution in [0.5, 0.6) is 0 Å². The molecule has 3 nitrogen and oxygen atoms in total. The van der Waals surface area contributed by atoms with Crippen molar-refractivity contribution in [2.45, 2.75) is 19.4 Å². The van der Waals surface area contributed by atoms with E-state index in [1.54, 1.807) is 0 Å². The summed E-state index contributed by atoms with van der Waals surface area (Å²) in [6.07, 6.45) is 6.36. The molecule has 2 rings (SSSR count). The van der Waals surface area contributed by atoms with E-state index >= 15 is 0 Å². The average Bonchev–Trinajstić information content (AvgIpc) is 2.72. The van der Waals surface area contributed by atoms with E-state index in [0.29, 0.717) is 0 Å². The van der Waals surface area contributed by atoms with Crippen LogP contribution in [-0.2, 0) is 6.54 Å². The fourth-order valence-electron chi connectivity index (χ4n) is 1.53. The van der Waals surface area contributed by atoms with Gasteiger partial charge in [0.05, 0.1) is 12.4 Å².